The first kappa shape index (κ1) is 14.2. The third kappa shape index (κ3) is 3.66. The molecular formula is C15H14F3NO. The fourth-order valence-corrected chi connectivity index (χ4v) is 1.79. The molecule has 0 aliphatic carbocycles. The zero-order valence-corrected chi connectivity index (χ0v) is 10.9. The summed E-state index contributed by atoms with van der Waals surface area (Å²) in [6.07, 6.45) is -4.36. The molecule has 5 heteroatoms. The molecule has 0 heterocycles. The number of alkyl halides is 3. The van der Waals surface area contributed by atoms with Crippen molar-refractivity contribution in [3.8, 4) is 16.9 Å². The van der Waals surface area contributed by atoms with Gasteiger partial charge in [0.2, 0.25) is 0 Å². The van der Waals surface area contributed by atoms with Crippen molar-refractivity contribution in [3.05, 3.63) is 48.0 Å². The molecule has 0 saturated heterocycles. The summed E-state index contributed by atoms with van der Waals surface area (Å²) >= 11 is 0. The van der Waals surface area contributed by atoms with Crippen molar-refractivity contribution in [1.29, 1.82) is 0 Å². The molecule has 0 atom stereocenters. The van der Waals surface area contributed by atoms with Crippen LogP contribution in [-0.4, -0.2) is 12.8 Å². The molecule has 2 rings (SSSR count). The van der Waals surface area contributed by atoms with E-state index in [1.54, 1.807) is 6.07 Å². The van der Waals surface area contributed by atoms with Crippen LogP contribution in [0.4, 0.5) is 18.9 Å². The Labute approximate surface area is 115 Å². The summed E-state index contributed by atoms with van der Waals surface area (Å²) in [5.74, 6) is 0.107. The van der Waals surface area contributed by atoms with Gasteiger partial charge in [0.05, 0.1) is 0 Å². The van der Waals surface area contributed by atoms with Gasteiger partial charge in [0.25, 0.3) is 0 Å². The van der Waals surface area contributed by atoms with Gasteiger partial charge in [0.1, 0.15) is 5.75 Å². The molecule has 20 heavy (non-hydrogen) atoms. The number of rotatable bonds is 3. The van der Waals surface area contributed by atoms with E-state index in [9.17, 15) is 13.2 Å². The third-order valence-electron chi connectivity index (χ3n) is 2.79. The summed E-state index contributed by atoms with van der Waals surface area (Å²) in [7, 11) is 0. The van der Waals surface area contributed by atoms with E-state index in [2.05, 4.69) is 4.74 Å². The maximum absolute atomic E-state index is 12.1. The minimum atomic E-state index is -4.36. The number of anilines is 1. The second-order valence-electron chi connectivity index (χ2n) is 4.52. The predicted molar refractivity (Wildman–Crippen MR) is 72.6 cm³/mol. The Bertz CT molecular complexity index is 591. The Morgan fingerprint density at radius 1 is 1.05 bits per heavy atom. The van der Waals surface area contributed by atoms with Crippen molar-refractivity contribution in [2.45, 2.75) is 13.1 Å². The van der Waals surface area contributed by atoms with E-state index in [1.807, 2.05) is 31.2 Å². The molecule has 0 unspecified atom stereocenters. The molecule has 2 aromatic carbocycles. The SMILES string of the molecule is Cc1ccc(-c2ccc(OCC(F)(F)F)cc2N)cc1. The number of hydrogen-bond acceptors (Lipinski definition) is 2. The Kier molecular flexibility index (Phi) is 3.88. The highest BCUT2D eigenvalue weighted by Gasteiger charge is 2.28. The summed E-state index contributed by atoms with van der Waals surface area (Å²) in [4.78, 5) is 0. The summed E-state index contributed by atoms with van der Waals surface area (Å²) in [5, 5.41) is 0. The molecule has 2 aromatic rings. The van der Waals surface area contributed by atoms with Crippen LogP contribution in [0.15, 0.2) is 42.5 Å². The number of nitrogen functional groups attached to an aromatic ring is 1. The van der Waals surface area contributed by atoms with E-state index >= 15 is 0 Å². The lowest BCUT2D eigenvalue weighted by atomic mass is 10.0. The van der Waals surface area contributed by atoms with Crippen molar-refractivity contribution in [1.82, 2.24) is 0 Å². The molecule has 106 valence electrons. The van der Waals surface area contributed by atoms with Gasteiger partial charge in [-0.3, -0.25) is 0 Å². The second kappa shape index (κ2) is 5.45. The lowest BCUT2D eigenvalue weighted by molar-refractivity contribution is -0.153. The highest BCUT2D eigenvalue weighted by atomic mass is 19.4. The topological polar surface area (TPSA) is 35.2 Å². The predicted octanol–water partition coefficient (Wildman–Crippen LogP) is 4.19. The lowest BCUT2D eigenvalue weighted by Gasteiger charge is -2.12. The molecule has 0 amide bonds. The second-order valence-corrected chi connectivity index (χ2v) is 4.52. The molecule has 0 aliphatic rings. The number of ether oxygens (including phenoxy) is 1. The molecule has 2 nitrogen and oxygen atoms in total. The summed E-state index contributed by atoms with van der Waals surface area (Å²) < 4.78 is 40.9. The standard InChI is InChI=1S/C15H14F3NO/c1-10-2-4-11(5-3-10)13-7-6-12(8-14(13)19)20-9-15(16,17)18/h2-8H,9,19H2,1H3. The monoisotopic (exact) mass is 281 g/mol. The van der Waals surface area contributed by atoms with Crippen LogP contribution in [0.25, 0.3) is 11.1 Å². The molecule has 0 bridgehead atoms. The first-order chi connectivity index (χ1) is 9.35. The molecule has 0 aromatic heterocycles. The van der Waals surface area contributed by atoms with Crippen molar-refractivity contribution in [2.75, 3.05) is 12.3 Å². The number of hydrogen-bond donors (Lipinski definition) is 1. The maximum Gasteiger partial charge on any atom is 0.422 e. The number of halogens is 3. The first-order valence-electron chi connectivity index (χ1n) is 6.01. The van der Waals surface area contributed by atoms with E-state index in [1.165, 1.54) is 12.1 Å². The van der Waals surface area contributed by atoms with Crippen molar-refractivity contribution >= 4 is 5.69 Å². The van der Waals surface area contributed by atoms with Gasteiger partial charge in [0, 0.05) is 17.3 Å². The minimum Gasteiger partial charge on any atom is -0.484 e. The zero-order chi connectivity index (χ0) is 14.8. The van der Waals surface area contributed by atoms with Gasteiger partial charge in [-0.15, -0.1) is 0 Å². The smallest absolute Gasteiger partial charge is 0.422 e. The van der Waals surface area contributed by atoms with E-state index in [0.717, 1.165) is 16.7 Å². The van der Waals surface area contributed by atoms with Crippen LogP contribution in [-0.2, 0) is 0 Å². The third-order valence-corrected chi connectivity index (χ3v) is 2.79. The zero-order valence-electron chi connectivity index (χ0n) is 10.9. The summed E-state index contributed by atoms with van der Waals surface area (Å²) in [6, 6.07) is 12.3. The number of nitrogens with two attached hydrogens (primary N) is 1. The average molecular weight is 281 g/mol. The Morgan fingerprint density at radius 3 is 2.25 bits per heavy atom. The van der Waals surface area contributed by atoms with E-state index in [0.29, 0.717) is 5.69 Å². The molecular weight excluding hydrogens is 267 g/mol. The Balaban J connectivity index is 2.19. The van der Waals surface area contributed by atoms with E-state index in [4.69, 9.17) is 5.73 Å². The van der Waals surface area contributed by atoms with Crippen LogP contribution in [0.3, 0.4) is 0 Å². The van der Waals surface area contributed by atoms with Gasteiger partial charge < -0.3 is 10.5 Å². The largest absolute Gasteiger partial charge is 0.484 e. The molecule has 0 fully saturated rings. The summed E-state index contributed by atoms with van der Waals surface area (Å²) in [5.41, 5.74) is 9.06. The lowest BCUT2D eigenvalue weighted by Crippen LogP contribution is -2.19. The number of aryl methyl sites for hydroxylation is 1. The van der Waals surface area contributed by atoms with Crippen molar-refractivity contribution in [3.63, 3.8) is 0 Å². The van der Waals surface area contributed by atoms with Gasteiger partial charge in [-0.05, 0) is 24.6 Å². The normalized spacial score (nSPS) is 11.4. The van der Waals surface area contributed by atoms with Gasteiger partial charge in [0.15, 0.2) is 6.61 Å². The van der Waals surface area contributed by atoms with Gasteiger partial charge in [-0.2, -0.15) is 13.2 Å². The highest BCUT2D eigenvalue weighted by Crippen LogP contribution is 2.30. The Morgan fingerprint density at radius 2 is 1.70 bits per heavy atom. The van der Waals surface area contributed by atoms with Crippen molar-refractivity contribution in [2.24, 2.45) is 0 Å². The van der Waals surface area contributed by atoms with Gasteiger partial charge >= 0.3 is 6.18 Å². The van der Waals surface area contributed by atoms with E-state index in [-0.39, 0.29) is 5.75 Å². The average Bonchev–Trinajstić information content (AvgIpc) is 2.37. The fourth-order valence-electron chi connectivity index (χ4n) is 1.79. The summed E-state index contributed by atoms with van der Waals surface area (Å²) in [6.45, 7) is 0.650. The highest BCUT2D eigenvalue weighted by molar-refractivity contribution is 5.77. The van der Waals surface area contributed by atoms with Gasteiger partial charge in [-0.1, -0.05) is 29.8 Å². The quantitative estimate of drug-likeness (QED) is 0.856. The van der Waals surface area contributed by atoms with Crippen molar-refractivity contribution < 1.29 is 17.9 Å². The van der Waals surface area contributed by atoms with Crippen LogP contribution in [0.2, 0.25) is 0 Å². The molecule has 0 spiro atoms. The van der Waals surface area contributed by atoms with Gasteiger partial charge in [-0.25, -0.2) is 0 Å². The minimum absolute atomic E-state index is 0.107. The molecule has 2 N–H and O–H groups in total. The van der Waals surface area contributed by atoms with Crippen LogP contribution < -0.4 is 10.5 Å². The van der Waals surface area contributed by atoms with E-state index < -0.39 is 12.8 Å². The molecule has 0 aliphatic heterocycles. The fraction of sp³-hybridized carbons (Fsp3) is 0.200. The van der Waals surface area contributed by atoms with Crippen LogP contribution >= 0.6 is 0 Å². The molecule has 0 saturated carbocycles. The van der Waals surface area contributed by atoms with Crippen LogP contribution in [0, 0.1) is 6.92 Å². The van der Waals surface area contributed by atoms with Crippen LogP contribution in [0.5, 0.6) is 5.75 Å². The van der Waals surface area contributed by atoms with Crippen LogP contribution in [0.1, 0.15) is 5.56 Å². The number of benzene rings is 2. The maximum atomic E-state index is 12.1. The molecule has 0 radical (unpaired) electrons. The Hall–Kier alpha value is -2.17. The first-order valence-corrected chi connectivity index (χ1v) is 6.01.